The lowest BCUT2D eigenvalue weighted by atomic mass is 10.2. The summed E-state index contributed by atoms with van der Waals surface area (Å²) in [5, 5.41) is 7.58. The molecule has 84 valence electrons. The fraction of sp³-hybridized carbons (Fsp3) is 0.273. The van der Waals surface area contributed by atoms with Crippen LogP contribution in [0.1, 0.15) is 25.7 Å². The van der Waals surface area contributed by atoms with Gasteiger partial charge in [-0.05, 0) is 18.2 Å². The second-order valence-corrected chi connectivity index (χ2v) is 3.73. The fourth-order valence-electron chi connectivity index (χ4n) is 1.21. The maximum Gasteiger partial charge on any atom is 0.247 e. The summed E-state index contributed by atoms with van der Waals surface area (Å²) in [5.74, 6) is -1.05. The standard InChI is InChI=1S/C11H10F2N2O/c1-6(2)10-14-15-11(16-10)7-3-4-8(12)9(13)5-7/h3-6H,1-2H3. The first kappa shape index (κ1) is 10.7. The van der Waals surface area contributed by atoms with Crippen LogP contribution in [0.25, 0.3) is 11.5 Å². The van der Waals surface area contributed by atoms with Crippen LogP contribution < -0.4 is 0 Å². The number of rotatable bonds is 2. The van der Waals surface area contributed by atoms with Crippen molar-refractivity contribution in [3.05, 3.63) is 35.7 Å². The number of benzene rings is 1. The van der Waals surface area contributed by atoms with Crippen LogP contribution in [0.2, 0.25) is 0 Å². The van der Waals surface area contributed by atoms with Crippen molar-refractivity contribution in [2.45, 2.75) is 19.8 Å². The third-order valence-electron chi connectivity index (χ3n) is 2.10. The zero-order chi connectivity index (χ0) is 11.7. The highest BCUT2D eigenvalue weighted by molar-refractivity contribution is 5.52. The Labute approximate surface area is 91.1 Å². The van der Waals surface area contributed by atoms with Crippen molar-refractivity contribution in [3.63, 3.8) is 0 Å². The molecule has 0 atom stereocenters. The van der Waals surface area contributed by atoms with Crippen LogP contribution in [0.4, 0.5) is 8.78 Å². The number of halogens is 2. The molecule has 0 N–H and O–H groups in total. The van der Waals surface area contributed by atoms with Gasteiger partial charge < -0.3 is 4.42 Å². The minimum Gasteiger partial charge on any atom is -0.420 e. The molecule has 0 fully saturated rings. The van der Waals surface area contributed by atoms with Crippen molar-refractivity contribution in [1.82, 2.24) is 10.2 Å². The van der Waals surface area contributed by atoms with Gasteiger partial charge in [0.15, 0.2) is 11.6 Å². The predicted octanol–water partition coefficient (Wildman–Crippen LogP) is 3.14. The molecular formula is C11H10F2N2O. The molecule has 2 rings (SSSR count). The Morgan fingerprint density at radius 3 is 2.44 bits per heavy atom. The van der Waals surface area contributed by atoms with Gasteiger partial charge in [-0.1, -0.05) is 13.8 Å². The third-order valence-corrected chi connectivity index (χ3v) is 2.10. The lowest BCUT2D eigenvalue weighted by Crippen LogP contribution is -1.85. The largest absolute Gasteiger partial charge is 0.420 e. The second-order valence-electron chi connectivity index (χ2n) is 3.73. The van der Waals surface area contributed by atoms with E-state index in [1.165, 1.54) is 6.07 Å². The van der Waals surface area contributed by atoms with E-state index in [0.29, 0.717) is 11.5 Å². The van der Waals surface area contributed by atoms with Gasteiger partial charge in [0.1, 0.15) is 0 Å². The Bertz CT molecular complexity index is 508. The smallest absolute Gasteiger partial charge is 0.247 e. The molecule has 0 amide bonds. The van der Waals surface area contributed by atoms with Gasteiger partial charge in [0.05, 0.1) is 0 Å². The van der Waals surface area contributed by atoms with E-state index < -0.39 is 11.6 Å². The van der Waals surface area contributed by atoms with E-state index >= 15 is 0 Å². The van der Waals surface area contributed by atoms with Gasteiger partial charge in [-0.2, -0.15) is 0 Å². The van der Waals surface area contributed by atoms with Gasteiger partial charge in [0.25, 0.3) is 0 Å². The molecule has 0 aliphatic rings. The van der Waals surface area contributed by atoms with Crippen molar-refractivity contribution >= 4 is 0 Å². The van der Waals surface area contributed by atoms with Gasteiger partial charge in [0.2, 0.25) is 11.8 Å². The van der Waals surface area contributed by atoms with Crippen LogP contribution in [0.5, 0.6) is 0 Å². The molecule has 3 nitrogen and oxygen atoms in total. The van der Waals surface area contributed by atoms with E-state index in [1.54, 1.807) is 0 Å². The third kappa shape index (κ3) is 1.93. The van der Waals surface area contributed by atoms with Gasteiger partial charge in [0, 0.05) is 11.5 Å². The zero-order valence-corrected chi connectivity index (χ0v) is 8.87. The molecule has 0 bridgehead atoms. The number of hydrogen-bond donors (Lipinski definition) is 0. The van der Waals surface area contributed by atoms with Crippen LogP contribution in [0, 0.1) is 11.6 Å². The van der Waals surface area contributed by atoms with E-state index in [1.807, 2.05) is 13.8 Å². The summed E-state index contributed by atoms with van der Waals surface area (Å²) < 4.78 is 31.0. The molecule has 2 aromatic rings. The molecule has 1 heterocycles. The highest BCUT2D eigenvalue weighted by Crippen LogP contribution is 2.22. The maximum atomic E-state index is 13.0. The zero-order valence-electron chi connectivity index (χ0n) is 8.87. The van der Waals surface area contributed by atoms with Gasteiger partial charge in [-0.25, -0.2) is 8.78 Å². The van der Waals surface area contributed by atoms with Crippen molar-refractivity contribution < 1.29 is 13.2 Å². The van der Waals surface area contributed by atoms with Crippen LogP contribution in [0.15, 0.2) is 22.6 Å². The normalized spacial score (nSPS) is 11.1. The summed E-state index contributed by atoms with van der Waals surface area (Å²) in [7, 11) is 0. The maximum absolute atomic E-state index is 13.0. The topological polar surface area (TPSA) is 38.9 Å². The molecule has 5 heteroatoms. The summed E-state index contributed by atoms with van der Waals surface area (Å²) in [6, 6.07) is 3.47. The van der Waals surface area contributed by atoms with Gasteiger partial charge in [-0.3, -0.25) is 0 Å². The summed E-state index contributed by atoms with van der Waals surface area (Å²) in [5.41, 5.74) is 0.373. The number of nitrogens with zero attached hydrogens (tertiary/aromatic N) is 2. The Balaban J connectivity index is 2.39. The van der Waals surface area contributed by atoms with Crippen molar-refractivity contribution in [3.8, 4) is 11.5 Å². The van der Waals surface area contributed by atoms with Crippen LogP contribution in [-0.2, 0) is 0 Å². The molecule has 0 unspecified atom stereocenters. The fourth-order valence-corrected chi connectivity index (χ4v) is 1.21. The average Bonchev–Trinajstić information content (AvgIpc) is 2.71. The Morgan fingerprint density at radius 1 is 1.12 bits per heavy atom. The molecule has 0 saturated heterocycles. The van der Waals surface area contributed by atoms with Gasteiger partial charge >= 0.3 is 0 Å². The highest BCUT2D eigenvalue weighted by Gasteiger charge is 2.12. The summed E-state index contributed by atoms with van der Waals surface area (Å²) in [4.78, 5) is 0. The Hall–Kier alpha value is -1.78. The molecule has 0 spiro atoms. The van der Waals surface area contributed by atoms with Crippen LogP contribution >= 0.6 is 0 Å². The minimum atomic E-state index is -0.929. The first-order valence-corrected chi connectivity index (χ1v) is 4.86. The predicted molar refractivity (Wildman–Crippen MR) is 53.7 cm³/mol. The van der Waals surface area contributed by atoms with E-state index in [4.69, 9.17) is 4.42 Å². The summed E-state index contributed by atoms with van der Waals surface area (Å²) in [6.07, 6.45) is 0. The number of hydrogen-bond acceptors (Lipinski definition) is 3. The minimum absolute atomic E-state index is 0.103. The van der Waals surface area contributed by atoms with Crippen LogP contribution in [-0.4, -0.2) is 10.2 Å². The molecular weight excluding hydrogens is 214 g/mol. The molecule has 0 saturated carbocycles. The van der Waals surface area contributed by atoms with E-state index in [2.05, 4.69) is 10.2 Å². The quantitative estimate of drug-likeness (QED) is 0.786. The highest BCUT2D eigenvalue weighted by atomic mass is 19.2. The molecule has 1 aromatic carbocycles. The molecule has 0 aliphatic carbocycles. The van der Waals surface area contributed by atoms with Crippen molar-refractivity contribution in [2.75, 3.05) is 0 Å². The Morgan fingerprint density at radius 2 is 1.88 bits per heavy atom. The van der Waals surface area contributed by atoms with E-state index in [9.17, 15) is 8.78 Å². The lowest BCUT2D eigenvalue weighted by Gasteiger charge is -1.97. The lowest BCUT2D eigenvalue weighted by molar-refractivity contribution is 0.479. The van der Waals surface area contributed by atoms with E-state index in [-0.39, 0.29) is 11.8 Å². The number of aromatic nitrogens is 2. The SMILES string of the molecule is CC(C)c1nnc(-c2ccc(F)c(F)c2)o1. The first-order valence-electron chi connectivity index (χ1n) is 4.86. The molecule has 0 aliphatic heterocycles. The second kappa shape index (κ2) is 4.00. The van der Waals surface area contributed by atoms with E-state index in [0.717, 1.165) is 12.1 Å². The molecule has 0 radical (unpaired) electrons. The summed E-state index contributed by atoms with van der Waals surface area (Å²) in [6.45, 7) is 3.81. The van der Waals surface area contributed by atoms with Crippen molar-refractivity contribution in [1.29, 1.82) is 0 Å². The first-order chi connectivity index (χ1) is 7.58. The monoisotopic (exact) mass is 224 g/mol. The summed E-state index contributed by atoms with van der Waals surface area (Å²) >= 11 is 0. The molecule has 1 aromatic heterocycles. The van der Waals surface area contributed by atoms with Crippen LogP contribution in [0.3, 0.4) is 0 Å². The van der Waals surface area contributed by atoms with Gasteiger partial charge in [-0.15, -0.1) is 10.2 Å². The molecule has 16 heavy (non-hydrogen) atoms. The average molecular weight is 224 g/mol. The Kier molecular flexibility index (Phi) is 2.68. The van der Waals surface area contributed by atoms with Crippen molar-refractivity contribution in [2.24, 2.45) is 0 Å².